The Balaban J connectivity index is 1.29. The van der Waals surface area contributed by atoms with Gasteiger partial charge in [-0.25, -0.2) is 9.31 Å². The van der Waals surface area contributed by atoms with Crippen LogP contribution in [0.4, 0.5) is 5.95 Å². The SMILES string of the molecule is COc1cccc(-c2csc3nc(NC(=O)COc4ccc5c(C)cc(=O)oc5c4)nn23)c1. The number of anilines is 1. The van der Waals surface area contributed by atoms with Crippen LogP contribution in [0.15, 0.2) is 63.1 Å². The van der Waals surface area contributed by atoms with Crippen LogP contribution in [-0.4, -0.2) is 34.2 Å². The number of nitrogens with zero attached hydrogens (tertiary/aromatic N) is 3. The lowest BCUT2D eigenvalue weighted by Crippen LogP contribution is -2.21. The molecule has 0 atom stereocenters. The molecule has 5 aromatic rings. The largest absolute Gasteiger partial charge is 0.497 e. The molecule has 0 aliphatic carbocycles. The first-order valence-electron chi connectivity index (χ1n) is 9.96. The van der Waals surface area contributed by atoms with Crippen molar-refractivity contribution in [2.45, 2.75) is 6.92 Å². The topological polar surface area (TPSA) is 108 Å². The van der Waals surface area contributed by atoms with E-state index in [0.29, 0.717) is 16.3 Å². The van der Waals surface area contributed by atoms with E-state index in [-0.39, 0.29) is 12.6 Å². The van der Waals surface area contributed by atoms with Gasteiger partial charge in [0.15, 0.2) is 6.61 Å². The van der Waals surface area contributed by atoms with Crippen LogP contribution >= 0.6 is 11.3 Å². The van der Waals surface area contributed by atoms with Crippen LogP contribution in [-0.2, 0) is 4.79 Å². The Morgan fingerprint density at radius 1 is 1.18 bits per heavy atom. The third-order valence-electron chi connectivity index (χ3n) is 4.99. The zero-order chi connectivity index (χ0) is 22.9. The number of methoxy groups -OCH3 is 1. The van der Waals surface area contributed by atoms with Gasteiger partial charge >= 0.3 is 5.63 Å². The molecule has 3 aromatic heterocycles. The van der Waals surface area contributed by atoms with Gasteiger partial charge in [-0.15, -0.1) is 16.4 Å². The normalized spacial score (nSPS) is 11.1. The monoisotopic (exact) mass is 462 g/mol. The quantitative estimate of drug-likeness (QED) is 0.381. The molecule has 33 heavy (non-hydrogen) atoms. The molecule has 5 rings (SSSR count). The van der Waals surface area contributed by atoms with Gasteiger partial charge in [-0.3, -0.25) is 10.1 Å². The standard InChI is InChI=1S/C23H18N4O5S/c1-13-8-21(29)32-19-10-16(6-7-17(13)19)31-11-20(28)24-22-25-23-27(26-22)18(12-33-23)14-4-3-5-15(9-14)30-2/h3-10,12H,11H2,1-2H3,(H,24,26,28). The maximum Gasteiger partial charge on any atom is 0.336 e. The van der Waals surface area contributed by atoms with Crippen molar-refractivity contribution in [3.8, 4) is 22.8 Å². The van der Waals surface area contributed by atoms with Crippen LogP contribution in [0.1, 0.15) is 5.56 Å². The molecule has 166 valence electrons. The van der Waals surface area contributed by atoms with Gasteiger partial charge in [-0.05, 0) is 36.8 Å². The highest BCUT2D eigenvalue weighted by atomic mass is 32.1. The lowest BCUT2D eigenvalue weighted by molar-refractivity contribution is -0.118. The average Bonchev–Trinajstić information content (AvgIpc) is 3.37. The van der Waals surface area contributed by atoms with Gasteiger partial charge in [0.25, 0.3) is 11.9 Å². The molecule has 0 fully saturated rings. The molecule has 3 heterocycles. The van der Waals surface area contributed by atoms with Crippen molar-refractivity contribution in [1.29, 1.82) is 0 Å². The Kier molecular flexibility index (Phi) is 5.27. The number of hydrogen-bond donors (Lipinski definition) is 1. The summed E-state index contributed by atoms with van der Waals surface area (Å²) in [5, 5.41) is 9.79. The number of ether oxygens (including phenoxy) is 2. The molecule has 2 aromatic carbocycles. The summed E-state index contributed by atoms with van der Waals surface area (Å²) in [7, 11) is 1.61. The van der Waals surface area contributed by atoms with E-state index in [1.165, 1.54) is 17.4 Å². The summed E-state index contributed by atoms with van der Waals surface area (Å²) in [6.45, 7) is 1.58. The number of aryl methyl sites for hydroxylation is 1. The third-order valence-corrected chi connectivity index (χ3v) is 5.81. The minimum Gasteiger partial charge on any atom is -0.497 e. The van der Waals surface area contributed by atoms with E-state index >= 15 is 0 Å². The van der Waals surface area contributed by atoms with Gasteiger partial charge in [-0.2, -0.15) is 4.98 Å². The van der Waals surface area contributed by atoms with Gasteiger partial charge in [0.2, 0.25) is 4.96 Å². The van der Waals surface area contributed by atoms with Crippen molar-refractivity contribution in [2.75, 3.05) is 19.0 Å². The summed E-state index contributed by atoms with van der Waals surface area (Å²) in [5.41, 5.74) is 2.54. The summed E-state index contributed by atoms with van der Waals surface area (Å²) in [6, 6.07) is 14.1. The van der Waals surface area contributed by atoms with Crippen molar-refractivity contribution in [2.24, 2.45) is 0 Å². The Hall–Kier alpha value is -4.18. The fourth-order valence-electron chi connectivity index (χ4n) is 3.42. The molecule has 0 bridgehead atoms. The number of carbonyl (C=O) groups is 1. The first-order chi connectivity index (χ1) is 16.0. The molecular weight excluding hydrogens is 444 g/mol. The minimum absolute atomic E-state index is 0.180. The maximum absolute atomic E-state index is 12.4. The fraction of sp³-hybridized carbons (Fsp3) is 0.130. The van der Waals surface area contributed by atoms with Crippen molar-refractivity contribution >= 4 is 39.1 Å². The van der Waals surface area contributed by atoms with Crippen LogP contribution in [0.5, 0.6) is 11.5 Å². The zero-order valence-electron chi connectivity index (χ0n) is 17.7. The summed E-state index contributed by atoms with van der Waals surface area (Å²) in [4.78, 5) is 29.0. The molecule has 0 unspecified atom stereocenters. The third kappa shape index (κ3) is 4.15. The molecule has 10 heteroatoms. The highest BCUT2D eigenvalue weighted by molar-refractivity contribution is 7.15. The van der Waals surface area contributed by atoms with Crippen molar-refractivity contribution in [3.05, 3.63) is 69.9 Å². The lowest BCUT2D eigenvalue weighted by atomic mass is 10.1. The Bertz CT molecular complexity index is 1550. The lowest BCUT2D eigenvalue weighted by Gasteiger charge is -2.07. The molecular formula is C23H18N4O5S. The molecule has 0 saturated heterocycles. The molecule has 0 aliphatic rings. The number of rotatable bonds is 6. The van der Waals surface area contributed by atoms with Gasteiger partial charge in [0.1, 0.15) is 17.1 Å². The number of aromatic nitrogens is 3. The first-order valence-corrected chi connectivity index (χ1v) is 10.8. The van der Waals surface area contributed by atoms with Crippen LogP contribution in [0.3, 0.4) is 0 Å². The van der Waals surface area contributed by atoms with E-state index in [9.17, 15) is 9.59 Å². The second kappa shape index (κ2) is 8.40. The number of benzene rings is 2. The average molecular weight is 462 g/mol. The summed E-state index contributed by atoms with van der Waals surface area (Å²) in [5.74, 6) is 0.910. The highest BCUT2D eigenvalue weighted by Crippen LogP contribution is 2.28. The number of thiazole rings is 1. The van der Waals surface area contributed by atoms with Crippen molar-refractivity contribution < 1.29 is 18.7 Å². The number of hydrogen-bond acceptors (Lipinski definition) is 8. The van der Waals surface area contributed by atoms with E-state index in [2.05, 4.69) is 15.4 Å². The molecule has 0 aliphatic heterocycles. The molecule has 1 amide bonds. The van der Waals surface area contributed by atoms with Crippen LogP contribution in [0.25, 0.3) is 27.2 Å². The predicted molar refractivity (Wildman–Crippen MR) is 124 cm³/mol. The molecule has 1 N–H and O–H groups in total. The molecule has 0 radical (unpaired) electrons. The summed E-state index contributed by atoms with van der Waals surface area (Å²) >= 11 is 1.41. The van der Waals surface area contributed by atoms with Gasteiger partial charge in [0.05, 0.1) is 12.8 Å². The molecule has 0 saturated carbocycles. The van der Waals surface area contributed by atoms with E-state index < -0.39 is 11.5 Å². The van der Waals surface area contributed by atoms with E-state index in [4.69, 9.17) is 13.9 Å². The van der Waals surface area contributed by atoms with E-state index in [0.717, 1.165) is 28.0 Å². The Morgan fingerprint density at radius 3 is 2.91 bits per heavy atom. The van der Waals surface area contributed by atoms with Crippen LogP contribution in [0.2, 0.25) is 0 Å². The van der Waals surface area contributed by atoms with E-state index in [1.54, 1.807) is 29.8 Å². The predicted octanol–water partition coefficient (Wildman–Crippen LogP) is 3.90. The number of fused-ring (bicyclic) bond motifs is 2. The summed E-state index contributed by atoms with van der Waals surface area (Å²) in [6.07, 6.45) is 0. The zero-order valence-corrected chi connectivity index (χ0v) is 18.5. The van der Waals surface area contributed by atoms with Crippen molar-refractivity contribution in [3.63, 3.8) is 0 Å². The van der Waals surface area contributed by atoms with Gasteiger partial charge < -0.3 is 13.9 Å². The number of carbonyl (C=O) groups excluding carboxylic acids is 1. The highest BCUT2D eigenvalue weighted by Gasteiger charge is 2.14. The minimum atomic E-state index is -0.436. The Morgan fingerprint density at radius 2 is 2.06 bits per heavy atom. The van der Waals surface area contributed by atoms with Crippen molar-refractivity contribution in [1.82, 2.24) is 14.6 Å². The van der Waals surface area contributed by atoms with Gasteiger partial charge in [-0.1, -0.05) is 12.1 Å². The molecule has 0 spiro atoms. The Labute approximate surface area is 191 Å². The van der Waals surface area contributed by atoms with Crippen LogP contribution in [0, 0.1) is 6.92 Å². The number of nitrogens with one attached hydrogen (secondary N) is 1. The smallest absolute Gasteiger partial charge is 0.336 e. The van der Waals surface area contributed by atoms with Gasteiger partial charge in [0, 0.05) is 28.5 Å². The first kappa shape index (κ1) is 20.7. The maximum atomic E-state index is 12.4. The second-order valence-electron chi connectivity index (χ2n) is 7.23. The number of amides is 1. The van der Waals surface area contributed by atoms with E-state index in [1.807, 2.05) is 36.6 Å². The van der Waals surface area contributed by atoms with Crippen LogP contribution < -0.4 is 20.4 Å². The molecule has 9 nitrogen and oxygen atoms in total. The fourth-order valence-corrected chi connectivity index (χ4v) is 4.25. The second-order valence-corrected chi connectivity index (χ2v) is 8.06. The summed E-state index contributed by atoms with van der Waals surface area (Å²) < 4.78 is 17.7.